The number of carbonyl (C=O) groups excluding carboxylic acids is 1. The zero-order chi connectivity index (χ0) is 17.1. The number of aryl methyl sites for hydroxylation is 1. The van der Waals surface area contributed by atoms with Gasteiger partial charge in [0.15, 0.2) is 0 Å². The van der Waals surface area contributed by atoms with E-state index in [2.05, 4.69) is 10.3 Å². The minimum absolute atomic E-state index is 0.0706. The Labute approximate surface area is 139 Å². The summed E-state index contributed by atoms with van der Waals surface area (Å²) in [6.45, 7) is 1.28. The monoisotopic (exact) mass is 329 g/mol. The van der Waals surface area contributed by atoms with Crippen molar-refractivity contribution in [1.29, 1.82) is 0 Å². The van der Waals surface area contributed by atoms with Gasteiger partial charge >= 0.3 is 5.82 Å². The summed E-state index contributed by atoms with van der Waals surface area (Å²) < 4.78 is 1.67. The molecule has 0 spiro atoms. The second kappa shape index (κ2) is 6.69. The van der Waals surface area contributed by atoms with Gasteiger partial charge in [-0.2, -0.15) is 0 Å². The highest BCUT2D eigenvalue weighted by Crippen LogP contribution is 2.28. The second-order valence-electron chi connectivity index (χ2n) is 5.86. The molecular weight excluding hydrogens is 310 g/mol. The summed E-state index contributed by atoms with van der Waals surface area (Å²) in [6.07, 6.45) is 2.93. The Morgan fingerprint density at radius 3 is 2.58 bits per heavy atom. The lowest BCUT2D eigenvalue weighted by Gasteiger charge is -2.33. The minimum Gasteiger partial charge on any atom is -0.358 e. The first kappa shape index (κ1) is 16.0. The standard InChI is InChI=1S/C16H19N5O3/c1-19-11-17-14(21(23)24)16(19)20-9-7-13(8-10-20)18-15(22)12-5-3-2-4-6-12/h2-6,11,13H,7-10H2,1H3,(H,18,22). The number of piperidine rings is 1. The maximum Gasteiger partial charge on any atom is 0.406 e. The summed E-state index contributed by atoms with van der Waals surface area (Å²) in [6, 6.07) is 9.17. The van der Waals surface area contributed by atoms with E-state index in [0.717, 1.165) is 12.8 Å². The third-order valence-electron chi connectivity index (χ3n) is 4.23. The molecule has 0 unspecified atom stereocenters. The van der Waals surface area contributed by atoms with Gasteiger partial charge in [0.1, 0.15) is 0 Å². The molecule has 1 aliphatic heterocycles. The highest BCUT2D eigenvalue weighted by atomic mass is 16.6. The van der Waals surface area contributed by atoms with Crippen LogP contribution in [0.5, 0.6) is 0 Å². The van der Waals surface area contributed by atoms with E-state index in [1.165, 1.54) is 6.33 Å². The number of hydrogen-bond acceptors (Lipinski definition) is 5. The van der Waals surface area contributed by atoms with Crippen LogP contribution < -0.4 is 10.2 Å². The summed E-state index contributed by atoms with van der Waals surface area (Å²) in [7, 11) is 1.75. The molecule has 3 rings (SSSR count). The van der Waals surface area contributed by atoms with Crippen LogP contribution in [0, 0.1) is 10.1 Å². The van der Waals surface area contributed by atoms with Crippen molar-refractivity contribution in [3.63, 3.8) is 0 Å². The molecular formula is C16H19N5O3. The number of nitrogens with one attached hydrogen (secondary N) is 1. The predicted octanol–water partition coefficient (Wildman–Crippen LogP) is 1.73. The first-order valence-corrected chi connectivity index (χ1v) is 7.83. The molecule has 0 saturated carbocycles. The normalized spacial score (nSPS) is 15.3. The molecule has 2 aromatic rings. The largest absolute Gasteiger partial charge is 0.406 e. The topological polar surface area (TPSA) is 93.3 Å². The van der Waals surface area contributed by atoms with E-state index in [0.29, 0.717) is 24.5 Å². The molecule has 0 atom stereocenters. The van der Waals surface area contributed by atoms with E-state index in [9.17, 15) is 14.9 Å². The summed E-state index contributed by atoms with van der Waals surface area (Å²) in [4.78, 5) is 28.6. The number of carbonyl (C=O) groups is 1. The maximum atomic E-state index is 12.2. The fourth-order valence-electron chi connectivity index (χ4n) is 3.00. The van der Waals surface area contributed by atoms with Crippen molar-refractivity contribution < 1.29 is 9.72 Å². The molecule has 24 heavy (non-hydrogen) atoms. The van der Waals surface area contributed by atoms with Crippen molar-refractivity contribution in [2.45, 2.75) is 18.9 Å². The number of amides is 1. The van der Waals surface area contributed by atoms with Gasteiger partial charge in [0.2, 0.25) is 12.1 Å². The fraction of sp³-hybridized carbons (Fsp3) is 0.375. The van der Waals surface area contributed by atoms with Crippen LogP contribution in [0.15, 0.2) is 36.7 Å². The highest BCUT2D eigenvalue weighted by Gasteiger charge is 2.29. The molecule has 1 saturated heterocycles. The van der Waals surface area contributed by atoms with Crippen LogP contribution in [0.4, 0.5) is 11.6 Å². The molecule has 1 fully saturated rings. The van der Waals surface area contributed by atoms with Crippen molar-refractivity contribution in [3.05, 3.63) is 52.3 Å². The third kappa shape index (κ3) is 3.22. The van der Waals surface area contributed by atoms with Crippen molar-refractivity contribution in [3.8, 4) is 0 Å². The van der Waals surface area contributed by atoms with Gasteiger partial charge in [-0.3, -0.25) is 9.36 Å². The smallest absolute Gasteiger partial charge is 0.358 e. The van der Waals surface area contributed by atoms with E-state index in [4.69, 9.17) is 0 Å². The molecule has 8 heteroatoms. The Morgan fingerprint density at radius 2 is 1.96 bits per heavy atom. The van der Waals surface area contributed by atoms with Gasteiger partial charge in [0.25, 0.3) is 5.91 Å². The van der Waals surface area contributed by atoms with Crippen molar-refractivity contribution in [2.24, 2.45) is 7.05 Å². The van der Waals surface area contributed by atoms with Gasteiger partial charge in [-0.05, 0) is 34.9 Å². The third-order valence-corrected chi connectivity index (χ3v) is 4.23. The Kier molecular flexibility index (Phi) is 4.45. The van der Waals surface area contributed by atoms with E-state index in [1.807, 2.05) is 23.1 Å². The molecule has 0 bridgehead atoms. The fourth-order valence-corrected chi connectivity index (χ4v) is 3.00. The van der Waals surface area contributed by atoms with Crippen LogP contribution in [-0.2, 0) is 7.05 Å². The summed E-state index contributed by atoms with van der Waals surface area (Å²) in [5.41, 5.74) is 0.641. The molecule has 126 valence electrons. The lowest BCUT2D eigenvalue weighted by Crippen LogP contribution is -2.45. The number of hydrogen-bond donors (Lipinski definition) is 1. The number of anilines is 1. The number of rotatable bonds is 4. The Morgan fingerprint density at radius 1 is 1.29 bits per heavy atom. The van der Waals surface area contributed by atoms with Crippen LogP contribution in [0.3, 0.4) is 0 Å². The van der Waals surface area contributed by atoms with Crippen LogP contribution >= 0.6 is 0 Å². The van der Waals surface area contributed by atoms with Crippen molar-refractivity contribution in [1.82, 2.24) is 14.9 Å². The van der Waals surface area contributed by atoms with E-state index >= 15 is 0 Å². The number of imidazole rings is 1. The number of nitro groups is 1. The van der Waals surface area contributed by atoms with Crippen molar-refractivity contribution in [2.75, 3.05) is 18.0 Å². The number of benzene rings is 1. The van der Waals surface area contributed by atoms with E-state index in [-0.39, 0.29) is 17.8 Å². The van der Waals surface area contributed by atoms with Crippen LogP contribution in [-0.4, -0.2) is 39.5 Å². The molecule has 1 amide bonds. The molecule has 8 nitrogen and oxygen atoms in total. The zero-order valence-electron chi connectivity index (χ0n) is 13.4. The van der Waals surface area contributed by atoms with Gasteiger partial charge in [-0.1, -0.05) is 18.2 Å². The number of aromatic nitrogens is 2. The lowest BCUT2D eigenvalue weighted by molar-refractivity contribution is -0.388. The molecule has 1 aromatic heterocycles. The molecule has 1 N–H and O–H groups in total. The quantitative estimate of drug-likeness (QED) is 0.681. The maximum absolute atomic E-state index is 12.2. The van der Waals surface area contributed by atoms with Crippen LogP contribution in [0.25, 0.3) is 0 Å². The van der Waals surface area contributed by atoms with Gasteiger partial charge in [0, 0.05) is 31.7 Å². The van der Waals surface area contributed by atoms with Gasteiger partial charge in [0.05, 0.1) is 0 Å². The Balaban J connectivity index is 1.61. The predicted molar refractivity (Wildman–Crippen MR) is 89.0 cm³/mol. The molecule has 0 aliphatic carbocycles. The van der Waals surface area contributed by atoms with Gasteiger partial charge < -0.3 is 20.3 Å². The summed E-state index contributed by atoms with van der Waals surface area (Å²) in [5, 5.41) is 14.1. The average Bonchev–Trinajstić information content (AvgIpc) is 2.98. The first-order valence-electron chi connectivity index (χ1n) is 7.83. The highest BCUT2D eigenvalue weighted by molar-refractivity contribution is 5.94. The van der Waals surface area contributed by atoms with Crippen molar-refractivity contribution >= 4 is 17.5 Å². The Hall–Kier alpha value is -2.90. The lowest BCUT2D eigenvalue weighted by atomic mass is 10.0. The van der Waals surface area contributed by atoms with E-state index in [1.54, 1.807) is 23.7 Å². The van der Waals surface area contributed by atoms with Gasteiger partial charge in [-0.15, -0.1) is 0 Å². The van der Waals surface area contributed by atoms with Crippen LogP contribution in [0.2, 0.25) is 0 Å². The SMILES string of the molecule is Cn1cnc([N+](=O)[O-])c1N1CCC(NC(=O)c2ccccc2)CC1. The molecule has 0 radical (unpaired) electrons. The second-order valence-corrected chi connectivity index (χ2v) is 5.86. The summed E-state index contributed by atoms with van der Waals surface area (Å²) >= 11 is 0. The molecule has 1 aromatic carbocycles. The first-order chi connectivity index (χ1) is 11.6. The van der Waals surface area contributed by atoms with Crippen LogP contribution in [0.1, 0.15) is 23.2 Å². The Bertz CT molecular complexity index is 735. The van der Waals surface area contributed by atoms with E-state index < -0.39 is 4.92 Å². The molecule has 1 aliphatic rings. The number of nitrogens with zero attached hydrogens (tertiary/aromatic N) is 4. The van der Waals surface area contributed by atoms with Gasteiger partial charge in [-0.25, -0.2) is 0 Å². The minimum atomic E-state index is -0.460. The summed E-state index contributed by atoms with van der Waals surface area (Å²) in [5.74, 6) is 0.317. The molecule has 2 heterocycles. The zero-order valence-corrected chi connectivity index (χ0v) is 13.4. The average molecular weight is 329 g/mol.